The molecule has 28 heavy (non-hydrogen) atoms. The van der Waals surface area contributed by atoms with E-state index in [0.717, 1.165) is 16.8 Å². The van der Waals surface area contributed by atoms with Gasteiger partial charge in [0.25, 0.3) is 15.9 Å². The number of hydrogen-bond donors (Lipinski definition) is 1. The lowest BCUT2D eigenvalue weighted by Gasteiger charge is -2.08. The summed E-state index contributed by atoms with van der Waals surface area (Å²) in [6, 6.07) is 7.57. The fraction of sp³-hybridized carbons (Fsp3) is 0.0625. The van der Waals surface area contributed by atoms with Crippen LogP contribution in [-0.4, -0.2) is 29.3 Å². The van der Waals surface area contributed by atoms with E-state index in [9.17, 15) is 17.6 Å². The Morgan fingerprint density at radius 1 is 1.11 bits per heavy atom. The second-order valence-corrected chi connectivity index (χ2v) is 8.47. The first-order chi connectivity index (χ1) is 13.1. The van der Waals surface area contributed by atoms with Gasteiger partial charge in [0.15, 0.2) is 5.69 Å². The van der Waals surface area contributed by atoms with E-state index in [-0.39, 0.29) is 37.0 Å². The summed E-state index contributed by atoms with van der Waals surface area (Å²) in [6.45, 7) is 1.44. The third kappa shape index (κ3) is 3.97. The Hall–Kier alpha value is -2.20. The molecule has 3 aromatic rings. The fourth-order valence-electron chi connectivity index (χ4n) is 2.34. The summed E-state index contributed by atoms with van der Waals surface area (Å²) in [4.78, 5) is 12.1. The minimum absolute atomic E-state index is 0.00273. The Balaban J connectivity index is 1.92. The van der Waals surface area contributed by atoms with Crippen LogP contribution in [0.5, 0.6) is 0 Å². The maximum Gasteiger partial charge on any atom is 0.287 e. The van der Waals surface area contributed by atoms with Crippen LogP contribution in [0.2, 0.25) is 15.1 Å². The Labute approximate surface area is 174 Å². The lowest BCUT2D eigenvalue weighted by molar-refractivity contribution is 0.0976. The molecule has 0 fully saturated rings. The molecular weight excluding hydrogens is 454 g/mol. The first-order valence-corrected chi connectivity index (χ1v) is 10.1. The van der Waals surface area contributed by atoms with Gasteiger partial charge in [-0.15, -0.1) is 5.10 Å². The minimum atomic E-state index is -4.30. The molecule has 0 aliphatic rings. The third-order valence-corrected chi connectivity index (χ3v) is 5.94. The molecule has 0 saturated heterocycles. The minimum Gasteiger partial charge on any atom is -0.266 e. The van der Waals surface area contributed by atoms with Gasteiger partial charge in [-0.2, -0.15) is 0 Å². The molecule has 0 aliphatic carbocycles. The lowest BCUT2D eigenvalue weighted by Crippen LogP contribution is -2.31. The highest BCUT2D eigenvalue weighted by Crippen LogP contribution is 2.25. The number of halogens is 4. The van der Waals surface area contributed by atoms with Crippen LogP contribution in [0.25, 0.3) is 5.69 Å². The smallest absolute Gasteiger partial charge is 0.266 e. The molecule has 146 valence electrons. The molecule has 0 unspecified atom stereocenters. The van der Waals surface area contributed by atoms with Crippen LogP contribution in [0.3, 0.4) is 0 Å². The van der Waals surface area contributed by atoms with Crippen molar-refractivity contribution in [2.24, 2.45) is 0 Å². The number of carbonyl (C=O) groups is 1. The number of benzene rings is 2. The van der Waals surface area contributed by atoms with Gasteiger partial charge in [0.05, 0.1) is 10.7 Å². The topological polar surface area (TPSA) is 93.9 Å². The average molecular weight is 464 g/mol. The van der Waals surface area contributed by atoms with E-state index in [4.69, 9.17) is 34.8 Å². The maximum atomic E-state index is 14.1. The van der Waals surface area contributed by atoms with E-state index in [1.165, 1.54) is 31.2 Å². The van der Waals surface area contributed by atoms with Gasteiger partial charge in [-0.05, 0) is 43.3 Å². The van der Waals surface area contributed by atoms with E-state index in [2.05, 4.69) is 10.3 Å². The first-order valence-electron chi connectivity index (χ1n) is 7.50. The third-order valence-electron chi connectivity index (χ3n) is 3.66. The molecule has 1 N–H and O–H groups in total. The number of amides is 1. The lowest BCUT2D eigenvalue weighted by atomic mass is 10.2. The van der Waals surface area contributed by atoms with Crippen molar-refractivity contribution in [3.63, 3.8) is 0 Å². The quantitative estimate of drug-likeness (QED) is 0.635. The number of sulfonamides is 1. The summed E-state index contributed by atoms with van der Waals surface area (Å²) in [5, 5.41) is 7.63. The van der Waals surface area contributed by atoms with Gasteiger partial charge in [0.1, 0.15) is 16.4 Å². The summed E-state index contributed by atoms with van der Waals surface area (Å²) in [6.07, 6.45) is 0. The average Bonchev–Trinajstić information content (AvgIpc) is 2.95. The van der Waals surface area contributed by atoms with Gasteiger partial charge in [-0.25, -0.2) is 22.2 Å². The number of rotatable bonds is 4. The number of nitrogens with zero attached hydrogens (tertiary/aromatic N) is 3. The molecule has 0 bridgehead atoms. The van der Waals surface area contributed by atoms with Crippen LogP contribution in [-0.2, 0) is 10.0 Å². The molecule has 3 rings (SSSR count). The van der Waals surface area contributed by atoms with Gasteiger partial charge < -0.3 is 0 Å². The van der Waals surface area contributed by atoms with Crippen LogP contribution < -0.4 is 4.72 Å². The summed E-state index contributed by atoms with van der Waals surface area (Å²) < 4.78 is 41.9. The molecular formula is C16H10Cl3FN4O3S. The van der Waals surface area contributed by atoms with Crippen LogP contribution in [0.15, 0.2) is 41.3 Å². The zero-order valence-corrected chi connectivity index (χ0v) is 17.0. The summed E-state index contributed by atoms with van der Waals surface area (Å²) in [7, 11) is -4.30. The normalized spacial score (nSPS) is 11.5. The summed E-state index contributed by atoms with van der Waals surface area (Å²) in [5.41, 5.74) is -0.184. The molecule has 1 heterocycles. The van der Waals surface area contributed by atoms with Crippen LogP contribution in [0.1, 0.15) is 16.2 Å². The molecule has 0 saturated carbocycles. The van der Waals surface area contributed by atoms with Crippen molar-refractivity contribution in [2.75, 3.05) is 0 Å². The van der Waals surface area contributed by atoms with Crippen LogP contribution in [0, 0.1) is 12.7 Å². The Morgan fingerprint density at radius 2 is 1.75 bits per heavy atom. The Kier molecular flexibility index (Phi) is 5.62. The summed E-state index contributed by atoms with van der Waals surface area (Å²) >= 11 is 17.4. The molecule has 7 nitrogen and oxygen atoms in total. The van der Waals surface area contributed by atoms with Gasteiger partial charge in [0, 0.05) is 10.0 Å². The van der Waals surface area contributed by atoms with Crippen molar-refractivity contribution in [2.45, 2.75) is 11.8 Å². The molecule has 1 aromatic heterocycles. The number of carbonyl (C=O) groups excluding carboxylic acids is 1. The van der Waals surface area contributed by atoms with Crippen LogP contribution in [0.4, 0.5) is 4.39 Å². The Bertz CT molecular complexity index is 1200. The van der Waals surface area contributed by atoms with E-state index in [0.29, 0.717) is 0 Å². The molecule has 0 radical (unpaired) electrons. The van der Waals surface area contributed by atoms with E-state index < -0.39 is 21.7 Å². The Morgan fingerprint density at radius 3 is 2.39 bits per heavy atom. The molecule has 0 atom stereocenters. The first kappa shape index (κ1) is 20.5. The fourth-order valence-corrected chi connectivity index (χ4v) is 4.22. The second kappa shape index (κ2) is 7.67. The van der Waals surface area contributed by atoms with Crippen molar-refractivity contribution in [3.8, 4) is 5.69 Å². The highest BCUT2D eigenvalue weighted by atomic mass is 35.5. The molecule has 1 amide bonds. The van der Waals surface area contributed by atoms with Crippen molar-refractivity contribution >= 4 is 50.7 Å². The standard InChI is InChI=1S/C16H10Cl3FN4O3S/c1-8-15(21-23-24(8)13-4-2-10(18)7-12(13)20)16(25)22-28(26,27)14-5-3-9(17)6-11(14)19/h2-7H,1H3,(H,22,25). The number of aromatic nitrogens is 3. The monoisotopic (exact) mass is 462 g/mol. The van der Waals surface area contributed by atoms with Gasteiger partial charge in [0.2, 0.25) is 0 Å². The van der Waals surface area contributed by atoms with E-state index in [1.807, 2.05) is 4.72 Å². The van der Waals surface area contributed by atoms with Gasteiger partial charge >= 0.3 is 0 Å². The zero-order valence-electron chi connectivity index (χ0n) is 14.0. The van der Waals surface area contributed by atoms with E-state index >= 15 is 0 Å². The molecule has 0 aliphatic heterocycles. The summed E-state index contributed by atoms with van der Waals surface area (Å²) in [5.74, 6) is -1.74. The number of hydrogen-bond acceptors (Lipinski definition) is 5. The predicted molar refractivity (Wildman–Crippen MR) is 102 cm³/mol. The highest BCUT2D eigenvalue weighted by Gasteiger charge is 2.26. The van der Waals surface area contributed by atoms with Gasteiger partial charge in [-0.1, -0.05) is 40.0 Å². The largest absolute Gasteiger partial charge is 0.287 e. The molecule has 0 spiro atoms. The van der Waals surface area contributed by atoms with Crippen molar-refractivity contribution in [1.82, 2.24) is 19.7 Å². The predicted octanol–water partition coefficient (Wildman–Crippen LogP) is 3.79. The second-order valence-electron chi connectivity index (χ2n) is 5.54. The molecule has 2 aromatic carbocycles. The van der Waals surface area contributed by atoms with Crippen molar-refractivity contribution in [1.29, 1.82) is 0 Å². The van der Waals surface area contributed by atoms with Crippen molar-refractivity contribution < 1.29 is 17.6 Å². The number of nitrogens with one attached hydrogen (secondary N) is 1. The maximum absolute atomic E-state index is 14.1. The van der Waals surface area contributed by atoms with E-state index in [1.54, 1.807) is 0 Å². The highest BCUT2D eigenvalue weighted by molar-refractivity contribution is 7.90. The SMILES string of the molecule is Cc1c(C(=O)NS(=O)(=O)c2ccc(Cl)cc2Cl)nnn1-c1ccc(Cl)cc1F. The van der Waals surface area contributed by atoms with Gasteiger partial charge in [-0.3, -0.25) is 4.79 Å². The zero-order chi connectivity index (χ0) is 20.6. The molecule has 12 heteroatoms. The van der Waals surface area contributed by atoms with Crippen LogP contribution >= 0.6 is 34.8 Å². The van der Waals surface area contributed by atoms with Crippen molar-refractivity contribution in [3.05, 3.63) is 68.7 Å².